The standard InChI is InChI=1S/C11H17NOS/c1-9-6-12(7-10(2)13-9)8-11-4-3-5-14-11/h3-5,9-10H,6-8H2,1-2H3/p+1/t9-,10-/m1/s1. The molecule has 2 nitrogen and oxygen atoms in total. The fourth-order valence-electron chi connectivity index (χ4n) is 2.19. The van der Waals surface area contributed by atoms with Crippen LogP contribution in [0.5, 0.6) is 0 Å². The van der Waals surface area contributed by atoms with Crippen LogP contribution < -0.4 is 4.90 Å². The van der Waals surface area contributed by atoms with Gasteiger partial charge in [0.25, 0.3) is 0 Å². The van der Waals surface area contributed by atoms with E-state index in [9.17, 15) is 0 Å². The molecule has 0 amide bonds. The number of ether oxygens (including phenoxy) is 1. The van der Waals surface area contributed by atoms with Crippen LogP contribution in [0.1, 0.15) is 18.7 Å². The predicted octanol–water partition coefficient (Wildman–Crippen LogP) is 0.940. The lowest BCUT2D eigenvalue weighted by molar-refractivity contribution is -0.928. The zero-order valence-electron chi connectivity index (χ0n) is 8.82. The van der Waals surface area contributed by atoms with Gasteiger partial charge in [-0.1, -0.05) is 6.07 Å². The Morgan fingerprint density at radius 1 is 1.43 bits per heavy atom. The molecule has 0 spiro atoms. The Kier molecular flexibility index (Phi) is 3.21. The van der Waals surface area contributed by atoms with E-state index in [-0.39, 0.29) is 0 Å². The summed E-state index contributed by atoms with van der Waals surface area (Å²) >= 11 is 1.86. The van der Waals surface area contributed by atoms with Crippen LogP contribution in [0.4, 0.5) is 0 Å². The van der Waals surface area contributed by atoms with E-state index in [1.165, 1.54) is 4.88 Å². The molecule has 0 unspecified atom stereocenters. The van der Waals surface area contributed by atoms with E-state index in [4.69, 9.17) is 4.74 Å². The zero-order chi connectivity index (χ0) is 9.97. The van der Waals surface area contributed by atoms with Crippen LogP contribution >= 0.6 is 11.3 Å². The topological polar surface area (TPSA) is 13.7 Å². The van der Waals surface area contributed by atoms with Crippen molar-refractivity contribution < 1.29 is 9.64 Å². The van der Waals surface area contributed by atoms with Crippen LogP contribution in [0.15, 0.2) is 17.5 Å². The highest BCUT2D eigenvalue weighted by Crippen LogP contribution is 2.07. The van der Waals surface area contributed by atoms with Gasteiger partial charge in [0.05, 0.1) is 4.88 Å². The summed E-state index contributed by atoms with van der Waals surface area (Å²) in [5.74, 6) is 0. The predicted molar refractivity (Wildman–Crippen MR) is 58.7 cm³/mol. The largest absolute Gasteiger partial charge is 0.364 e. The maximum atomic E-state index is 5.72. The summed E-state index contributed by atoms with van der Waals surface area (Å²) in [6.45, 7) is 7.79. The van der Waals surface area contributed by atoms with Crippen molar-refractivity contribution in [2.75, 3.05) is 13.1 Å². The van der Waals surface area contributed by atoms with Gasteiger partial charge in [0.2, 0.25) is 0 Å². The molecule has 0 bridgehead atoms. The van der Waals surface area contributed by atoms with Crippen molar-refractivity contribution in [2.45, 2.75) is 32.6 Å². The molecule has 1 aromatic heterocycles. The lowest BCUT2D eigenvalue weighted by atomic mass is 10.2. The molecule has 2 heterocycles. The maximum absolute atomic E-state index is 5.72. The molecule has 2 rings (SSSR count). The number of hydrogen-bond donors (Lipinski definition) is 1. The van der Waals surface area contributed by atoms with E-state index in [0.717, 1.165) is 19.6 Å². The smallest absolute Gasteiger partial charge is 0.112 e. The Morgan fingerprint density at radius 2 is 2.14 bits per heavy atom. The van der Waals surface area contributed by atoms with Gasteiger partial charge in [-0.2, -0.15) is 0 Å². The van der Waals surface area contributed by atoms with E-state index < -0.39 is 0 Å². The van der Waals surface area contributed by atoms with Crippen molar-refractivity contribution in [3.63, 3.8) is 0 Å². The highest BCUT2D eigenvalue weighted by molar-refractivity contribution is 7.09. The van der Waals surface area contributed by atoms with E-state index in [1.54, 1.807) is 4.90 Å². The summed E-state index contributed by atoms with van der Waals surface area (Å²) in [6, 6.07) is 4.36. The van der Waals surface area contributed by atoms with Crippen LogP contribution in [0.25, 0.3) is 0 Å². The summed E-state index contributed by atoms with van der Waals surface area (Å²) < 4.78 is 5.72. The van der Waals surface area contributed by atoms with Crippen molar-refractivity contribution >= 4 is 11.3 Å². The molecule has 1 saturated heterocycles. The minimum absolute atomic E-state index is 0.411. The minimum atomic E-state index is 0.411. The molecule has 3 heteroatoms. The van der Waals surface area contributed by atoms with Gasteiger partial charge in [0.1, 0.15) is 31.8 Å². The van der Waals surface area contributed by atoms with E-state index in [2.05, 4.69) is 31.4 Å². The third-order valence-electron chi connectivity index (χ3n) is 2.62. The second-order valence-corrected chi connectivity index (χ2v) is 5.20. The van der Waals surface area contributed by atoms with Gasteiger partial charge in [-0.05, 0) is 25.3 Å². The lowest BCUT2D eigenvalue weighted by Crippen LogP contribution is -3.14. The zero-order valence-corrected chi connectivity index (χ0v) is 9.64. The first-order chi connectivity index (χ1) is 6.74. The molecule has 1 aromatic rings. The van der Waals surface area contributed by atoms with E-state index >= 15 is 0 Å². The van der Waals surface area contributed by atoms with E-state index in [0.29, 0.717) is 12.2 Å². The van der Waals surface area contributed by atoms with Crippen LogP contribution in [0, 0.1) is 0 Å². The van der Waals surface area contributed by atoms with Crippen molar-refractivity contribution in [3.05, 3.63) is 22.4 Å². The van der Waals surface area contributed by atoms with Gasteiger partial charge < -0.3 is 9.64 Å². The maximum Gasteiger partial charge on any atom is 0.112 e. The average molecular weight is 212 g/mol. The van der Waals surface area contributed by atoms with Crippen LogP contribution in [0.3, 0.4) is 0 Å². The van der Waals surface area contributed by atoms with Crippen molar-refractivity contribution in [1.82, 2.24) is 0 Å². The van der Waals surface area contributed by atoms with Gasteiger partial charge in [-0.3, -0.25) is 0 Å². The first kappa shape index (κ1) is 10.1. The van der Waals surface area contributed by atoms with E-state index in [1.807, 2.05) is 11.3 Å². The van der Waals surface area contributed by atoms with Gasteiger partial charge in [-0.25, -0.2) is 0 Å². The first-order valence-electron chi connectivity index (χ1n) is 5.25. The fraction of sp³-hybridized carbons (Fsp3) is 0.636. The molecule has 14 heavy (non-hydrogen) atoms. The number of quaternary nitrogens is 1. The monoisotopic (exact) mass is 212 g/mol. The molecule has 0 aromatic carbocycles. The number of hydrogen-bond acceptors (Lipinski definition) is 2. The summed E-state index contributed by atoms with van der Waals surface area (Å²) in [7, 11) is 0. The Bertz CT molecular complexity index is 263. The molecule has 1 aliphatic heterocycles. The average Bonchev–Trinajstić information content (AvgIpc) is 2.54. The van der Waals surface area contributed by atoms with Gasteiger partial charge in [-0.15, -0.1) is 11.3 Å². The Labute approximate surface area is 89.5 Å². The third kappa shape index (κ3) is 2.56. The van der Waals surface area contributed by atoms with Gasteiger partial charge in [0.15, 0.2) is 0 Å². The molecule has 0 aliphatic carbocycles. The second kappa shape index (κ2) is 4.43. The second-order valence-electron chi connectivity index (χ2n) is 4.17. The molecule has 78 valence electrons. The molecule has 1 fully saturated rings. The van der Waals surface area contributed by atoms with Crippen LogP contribution in [-0.4, -0.2) is 25.3 Å². The Hall–Kier alpha value is -0.380. The van der Waals surface area contributed by atoms with Crippen LogP contribution in [0.2, 0.25) is 0 Å². The highest BCUT2D eigenvalue weighted by atomic mass is 32.1. The van der Waals surface area contributed by atoms with Gasteiger partial charge in [0, 0.05) is 0 Å². The van der Waals surface area contributed by atoms with Crippen molar-refractivity contribution in [2.24, 2.45) is 0 Å². The lowest BCUT2D eigenvalue weighted by Gasteiger charge is -2.32. The molecule has 1 aliphatic rings. The molecule has 2 atom stereocenters. The van der Waals surface area contributed by atoms with Crippen molar-refractivity contribution in [1.29, 1.82) is 0 Å². The van der Waals surface area contributed by atoms with Crippen molar-refractivity contribution in [3.8, 4) is 0 Å². The first-order valence-corrected chi connectivity index (χ1v) is 6.13. The number of thiophene rings is 1. The number of morpholine rings is 1. The number of nitrogens with one attached hydrogen (secondary N) is 1. The summed E-state index contributed by atoms with van der Waals surface area (Å²) in [6.07, 6.45) is 0.822. The summed E-state index contributed by atoms with van der Waals surface area (Å²) in [5, 5.41) is 2.15. The summed E-state index contributed by atoms with van der Waals surface area (Å²) in [5.41, 5.74) is 0. The minimum Gasteiger partial charge on any atom is -0.364 e. The Balaban J connectivity index is 1.91. The van der Waals surface area contributed by atoms with Gasteiger partial charge >= 0.3 is 0 Å². The normalized spacial score (nSPS) is 33.1. The molecule has 0 radical (unpaired) electrons. The SMILES string of the molecule is C[C@@H]1C[NH+](Cc2cccs2)C[C@@H](C)O1. The Morgan fingerprint density at radius 3 is 2.71 bits per heavy atom. The summed E-state index contributed by atoms with van der Waals surface area (Å²) in [4.78, 5) is 3.14. The third-order valence-corrected chi connectivity index (χ3v) is 3.50. The molecule has 0 saturated carbocycles. The fourth-order valence-corrected chi connectivity index (χ4v) is 2.97. The number of rotatable bonds is 2. The van der Waals surface area contributed by atoms with Crippen LogP contribution in [-0.2, 0) is 11.3 Å². The quantitative estimate of drug-likeness (QED) is 0.770. The molecular formula is C11H18NOS+. The highest BCUT2D eigenvalue weighted by Gasteiger charge is 2.25. The molecular weight excluding hydrogens is 194 g/mol. The molecule has 1 N–H and O–H groups in total.